The summed E-state index contributed by atoms with van der Waals surface area (Å²) in [4.78, 5) is 15.8. The molecule has 0 saturated carbocycles. The lowest BCUT2D eigenvalue weighted by Gasteiger charge is -2.05. The molecule has 3 rings (SSSR count). The summed E-state index contributed by atoms with van der Waals surface area (Å²) in [6.45, 7) is 0. The number of amides is 1. The number of halogens is 1. The monoisotopic (exact) mass is 346 g/mol. The summed E-state index contributed by atoms with van der Waals surface area (Å²) < 4.78 is 1.56. The van der Waals surface area contributed by atoms with Gasteiger partial charge < -0.3 is 5.32 Å². The number of carbonyl (C=O) groups excluding carboxylic acids is 1. The topological polar surface area (TPSA) is 85.6 Å². The summed E-state index contributed by atoms with van der Waals surface area (Å²) in [6.07, 6.45) is 3.23. The zero-order valence-electron chi connectivity index (χ0n) is 11.8. The van der Waals surface area contributed by atoms with Crippen molar-refractivity contribution in [3.8, 4) is 5.69 Å². The number of rotatable bonds is 5. The van der Waals surface area contributed by atoms with Crippen molar-refractivity contribution < 1.29 is 4.79 Å². The van der Waals surface area contributed by atoms with Crippen molar-refractivity contribution in [3.05, 3.63) is 53.8 Å². The van der Waals surface area contributed by atoms with Crippen LogP contribution in [0.4, 0.5) is 5.69 Å². The minimum atomic E-state index is -0.146. The number of tetrazole rings is 1. The van der Waals surface area contributed by atoms with E-state index >= 15 is 0 Å². The Bertz CT molecular complexity index is 793. The number of hydrogen-bond acceptors (Lipinski definition) is 6. The van der Waals surface area contributed by atoms with E-state index in [2.05, 4.69) is 25.8 Å². The number of nitrogens with zero attached hydrogens (tertiary/aromatic N) is 5. The van der Waals surface area contributed by atoms with E-state index in [1.54, 1.807) is 53.5 Å². The molecule has 23 heavy (non-hydrogen) atoms. The quantitative estimate of drug-likeness (QED) is 0.714. The van der Waals surface area contributed by atoms with Gasteiger partial charge in [0.05, 0.1) is 11.4 Å². The van der Waals surface area contributed by atoms with Crippen LogP contribution in [0.15, 0.2) is 53.9 Å². The third-order valence-corrected chi connectivity index (χ3v) is 3.98. The first-order valence-corrected chi connectivity index (χ1v) is 7.96. The average molecular weight is 347 g/mol. The van der Waals surface area contributed by atoms with Gasteiger partial charge in [0.25, 0.3) is 0 Å². The number of carbonyl (C=O) groups is 1. The molecule has 0 fully saturated rings. The molecule has 0 radical (unpaired) electrons. The zero-order valence-corrected chi connectivity index (χ0v) is 13.3. The molecule has 0 atom stereocenters. The predicted octanol–water partition coefficient (Wildman–Crippen LogP) is 2.44. The highest BCUT2D eigenvalue weighted by molar-refractivity contribution is 7.99. The molecule has 0 saturated heterocycles. The molecule has 1 amide bonds. The Hall–Kier alpha value is -2.45. The lowest BCUT2D eigenvalue weighted by atomic mass is 10.3. The van der Waals surface area contributed by atoms with Gasteiger partial charge in [-0.2, -0.15) is 4.68 Å². The van der Waals surface area contributed by atoms with E-state index in [1.807, 2.05) is 0 Å². The second-order valence-electron chi connectivity index (χ2n) is 4.42. The highest BCUT2D eigenvalue weighted by Gasteiger charge is 2.11. The number of pyridine rings is 1. The Kier molecular flexibility index (Phi) is 4.84. The normalized spacial score (nSPS) is 10.5. The van der Waals surface area contributed by atoms with Crippen molar-refractivity contribution in [2.45, 2.75) is 5.16 Å². The van der Waals surface area contributed by atoms with Crippen LogP contribution >= 0.6 is 23.4 Å². The van der Waals surface area contributed by atoms with E-state index in [0.29, 0.717) is 15.9 Å². The van der Waals surface area contributed by atoms with Crippen molar-refractivity contribution in [1.82, 2.24) is 25.2 Å². The van der Waals surface area contributed by atoms with E-state index in [1.165, 1.54) is 11.8 Å². The average Bonchev–Trinajstić information content (AvgIpc) is 3.03. The minimum absolute atomic E-state index is 0.146. The molecule has 9 heteroatoms. The lowest BCUT2D eigenvalue weighted by molar-refractivity contribution is -0.113. The second kappa shape index (κ2) is 7.21. The van der Waals surface area contributed by atoms with Gasteiger partial charge in [0, 0.05) is 23.1 Å². The minimum Gasteiger partial charge on any atom is -0.325 e. The summed E-state index contributed by atoms with van der Waals surface area (Å²) in [5, 5.41) is 15.5. The van der Waals surface area contributed by atoms with Gasteiger partial charge >= 0.3 is 0 Å². The van der Waals surface area contributed by atoms with E-state index in [-0.39, 0.29) is 11.7 Å². The zero-order chi connectivity index (χ0) is 16.1. The highest BCUT2D eigenvalue weighted by Crippen LogP contribution is 2.19. The van der Waals surface area contributed by atoms with Crippen molar-refractivity contribution in [2.75, 3.05) is 11.1 Å². The fourth-order valence-corrected chi connectivity index (χ4v) is 2.59. The standard InChI is InChI=1S/C14H11ClN6OS/c15-10-1-3-12(4-2-10)21-14(18-19-20-21)23-9-13(22)17-11-5-7-16-8-6-11/h1-8H,9H2,(H,16,17,22). The predicted molar refractivity (Wildman–Crippen MR) is 87.8 cm³/mol. The van der Waals surface area contributed by atoms with Gasteiger partial charge in [0.15, 0.2) is 0 Å². The SMILES string of the molecule is O=C(CSc1nnnn1-c1ccc(Cl)cc1)Nc1ccncc1. The van der Waals surface area contributed by atoms with E-state index < -0.39 is 0 Å². The maximum Gasteiger partial charge on any atom is 0.234 e. The second-order valence-corrected chi connectivity index (χ2v) is 5.80. The van der Waals surface area contributed by atoms with Gasteiger partial charge in [0.1, 0.15) is 0 Å². The molecule has 0 spiro atoms. The van der Waals surface area contributed by atoms with Gasteiger partial charge in [-0.1, -0.05) is 23.4 Å². The van der Waals surface area contributed by atoms with E-state index in [4.69, 9.17) is 11.6 Å². The number of aromatic nitrogens is 5. The number of thioether (sulfide) groups is 1. The third-order valence-electron chi connectivity index (χ3n) is 2.81. The summed E-state index contributed by atoms with van der Waals surface area (Å²) in [7, 11) is 0. The first kappa shape index (κ1) is 15.4. The van der Waals surface area contributed by atoms with Gasteiger partial charge in [-0.15, -0.1) is 5.10 Å². The maximum atomic E-state index is 12.0. The summed E-state index contributed by atoms with van der Waals surface area (Å²) in [5.74, 6) is 0.0443. The Morgan fingerprint density at radius 1 is 1.17 bits per heavy atom. The van der Waals surface area contributed by atoms with Crippen LogP contribution in [-0.4, -0.2) is 36.9 Å². The Balaban J connectivity index is 1.64. The molecule has 1 N–H and O–H groups in total. The van der Waals surface area contributed by atoms with Crippen LogP contribution in [-0.2, 0) is 4.79 Å². The van der Waals surface area contributed by atoms with Crippen LogP contribution in [0.5, 0.6) is 0 Å². The first-order valence-electron chi connectivity index (χ1n) is 6.59. The molecule has 2 aromatic heterocycles. The number of nitrogens with one attached hydrogen (secondary N) is 1. The van der Waals surface area contributed by atoms with Crippen molar-refractivity contribution in [2.24, 2.45) is 0 Å². The molecule has 116 valence electrons. The fraction of sp³-hybridized carbons (Fsp3) is 0.0714. The van der Waals surface area contributed by atoms with Gasteiger partial charge in [0.2, 0.25) is 11.1 Å². The molecular formula is C14H11ClN6OS. The molecule has 0 aliphatic carbocycles. The molecule has 0 bridgehead atoms. The molecule has 3 aromatic rings. The number of hydrogen-bond donors (Lipinski definition) is 1. The number of benzene rings is 1. The van der Waals surface area contributed by atoms with E-state index in [0.717, 1.165) is 5.69 Å². The largest absolute Gasteiger partial charge is 0.325 e. The smallest absolute Gasteiger partial charge is 0.234 e. The maximum absolute atomic E-state index is 12.0. The number of anilines is 1. The van der Waals surface area contributed by atoms with Crippen LogP contribution in [0.25, 0.3) is 5.69 Å². The van der Waals surface area contributed by atoms with Gasteiger partial charge in [-0.05, 0) is 46.8 Å². The Labute approximate surface area is 141 Å². The molecule has 7 nitrogen and oxygen atoms in total. The first-order chi connectivity index (χ1) is 11.2. The van der Waals surface area contributed by atoms with Crippen molar-refractivity contribution in [3.63, 3.8) is 0 Å². The highest BCUT2D eigenvalue weighted by atomic mass is 35.5. The Morgan fingerprint density at radius 3 is 2.65 bits per heavy atom. The summed E-state index contributed by atoms with van der Waals surface area (Å²) in [6, 6.07) is 10.6. The van der Waals surface area contributed by atoms with Crippen LogP contribution in [0, 0.1) is 0 Å². The fourth-order valence-electron chi connectivity index (χ4n) is 1.78. The van der Waals surface area contributed by atoms with Crippen LogP contribution in [0.2, 0.25) is 5.02 Å². The molecule has 0 aliphatic rings. The lowest BCUT2D eigenvalue weighted by Crippen LogP contribution is -2.14. The molecular weight excluding hydrogens is 336 g/mol. The molecule has 0 aliphatic heterocycles. The van der Waals surface area contributed by atoms with Crippen LogP contribution < -0.4 is 5.32 Å². The third kappa shape index (κ3) is 4.05. The summed E-state index contributed by atoms with van der Waals surface area (Å²) in [5.41, 5.74) is 1.47. The molecule has 2 heterocycles. The summed E-state index contributed by atoms with van der Waals surface area (Å²) >= 11 is 7.12. The van der Waals surface area contributed by atoms with Crippen LogP contribution in [0.1, 0.15) is 0 Å². The van der Waals surface area contributed by atoms with Crippen LogP contribution in [0.3, 0.4) is 0 Å². The van der Waals surface area contributed by atoms with Gasteiger partial charge in [-0.25, -0.2) is 0 Å². The van der Waals surface area contributed by atoms with Gasteiger partial charge in [-0.3, -0.25) is 9.78 Å². The van der Waals surface area contributed by atoms with Crippen molar-refractivity contribution in [1.29, 1.82) is 0 Å². The van der Waals surface area contributed by atoms with E-state index in [9.17, 15) is 4.79 Å². The Morgan fingerprint density at radius 2 is 1.91 bits per heavy atom. The molecule has 1 aromatic carbocycles. The van der Waals surface area contributed by atoms with Crippen molar-refractivity contribution >= 4 is 35.0 Å². The molecule has 0 unspecified atom stereocenters.